The molecule has 0 bridgehead atoms. The Morgan fingerprint density at radius 2 is 2.29 bits per heavy atom. The average molecular weight is 500 g/mol. The maximum absolute atomic E-state index is 5.56. The fourth-order valence-corrected chi connectivity index (χ4v) is 3.08. The number of nitrogens with zero attached hydrogens (tertiary/aromatic N) is 5. The molecule has 1 N–H and O–H groups in total. The van der Waals surface area contributed by atoms with Crippen molar-refractivity contribution >= 4 is 29.9 Å². The smallest absolute Gasteiger partial charge is 0.276 e. The van der Waals surface area contributed by atoms with Crippen LogP contribution in [0.5, 0.6) is 0 Å². The molecule has 28 heavy (non-hydrogen) atoms. The molecule has 1 atom stereocenters. The van der Waals surface area contributed by atoms with Crippen molar-refractivity contribution in [2.45, 2.75) is 26.7 Å². The lowest BCUT2D eigenvalue weighted by atomic mass is 10.1. The van der Waals surface area contributed by atoms with Crippen LogP contribution in [0, 0.1) is 5.92 Å². The minimum atomic E-state index is 0. The van der Waals surface area contributed by atoms with E-state index in [1.54, 1.807) is 6.20 Å². The van der Waals surface area contributed by atoms with Gasteiger partial charge in [0.25, 0.3) is 5.89 Å². The number of halogens is 1. The molecule has 1 unspecified atom stereocenters. The molecule has 2 aromatic heterocycles. The number of nitrogens with one attached hydrogen (secondary N) is 1. The summed E-state index contributed by atoms with van der Waals surface area (Å²) in [5.74, 6) is 2.61. The van der Waals surface area contributed by atoms with E-state index in [1.807, 2.05) is 25.1 Å². The Balaban J connectivity index is 0.00000280. The summed E-state index contributed by atoms with van der Waals surface area (Å²) in [6.45, 7) is 9.17. The van der Waals surface area contributed by atoms with Crippen LogP contribution in [0.3, 0.4) is 0 Å². The first kappa shape index (κ1) is 22.5. The number of rotatable bonds is 8. The van der Waals surface area contributed by atoms with Crippen LogP contribution in [-0.2, 0) is 11.2 Å². The van der Waals surface area contributed by atoms with Crippen LogP contribution in [0.4, 0.5) is 0 Å². The number of ether oxygens (including phenoxy) is 1. The van der Waals surface area contributed by atoms with E-state index < -0.39 is 0 Å². The quantitative estimate of drug-likeness (QED) is 0.339. The number of hydrogen-bond acceptors (Lipinski definition) is 6. The first-order chi connectivity index (χ1) is 13.3. The monoisotopic (exact) mass is 500 g/mol. The number of hydrogen-bond donors (Lipinski definition) is 1. The molecule has 0 spiro atoms. The molecule has 0 aromatic carbocycles. The van der Waals surface area contributed by atoms with Gasteiger partial charge in [-0.25, -0.2) is 0 Å². The molecule has 0 saturated carbocycles. The fraction of sp³-hybridized carbons (Fsp3) is 0.579. The molecular formula is C19H29IN6O2. The van der Waals surface area contributed by atoms with Crippen molar-refractivity contribution in [3.05, 3.63) is 30.2 Å². The first-order valence-corrected chi connectivity index (χ1v) is 9.65. The minimum absolute atomic E-state index is 0. The Labute approximate surface area is 183 Å². The van der Waals surface area contributed by atoms with E-state index in [0.717, 1.165) is 45.2 Å². The number of likely N-dealkylation sites (tertiary alicyclic amines) is 1. The van der Waals surface area contributed by atoms with Gasteiger partial charge in [-0.05, 0) is 32.4 Å². The van der Waals surface area contributed by atoms with E-state index in [1.165, 1.54) is 0 Å². The van der Waals surface area contributed by atoms with Crippen LogP contribution < -0.4 is 5.32 Å². The van der Waals surface area contributed by atoms with Crippen molar-refractivity contribution in [3.63, 3.8) is 0 Å². The van der Waals surface area contributed by atoms with Crippen molar-refractivity contribution in [1.29, 1.82) is 0 Å². The molecule has 8 nitrogen and oxygen atoms in total. The summed E-state index contributed by atoms with van der Waals surface area (Å²) >= 11 is 0. The molecular weight excluding hydrogens is 471 g/mol. The van der Waals surface area contributed by atoms with Crippen molar-refractivity contribution in [2.24, 2.45) is 10.9 Å². The normalized spacial score (nSPS) is 16.9. The van der Waals surface area contributed by atoms with Gasteiger partial charge in [0.2, 0.25) is 0 Å². The van der Waals surface area contributed by atoms with Crippen molar-refractivity contribution in [1.82, 2.24) is 25.3 Å². The highest BCUT2D eigenvalue weighted by Gasteiger charge is 2.24. The van der Waals surface area contributed by atoms with Crippen LogP contribution in [-0.4, -0.2) is 65.4 Å². The standard InChI is InChI=1S/C19H28N6O2.HI/c1-3-20-19(25-12-9-15(13-25)14-26-4-2)22-11-8-17-23-18(27-24-17)16-7-5-6-10-21-16;/h5-7,10,15H,3-4,8-9,11-14H2,1-2H3,(H,20,22);1H. The molecule has 0 radical (unpaired) electrons. The summed E-state index contributed by atoms with van der Waals surface area (Å²) in [5, 5.41) is 7.41. The van der Waals surface area contributed by atoms with Gasteiger partial charge in [-0.15, -0.1) is 24.0 Å². The van der Waals surface area contributed by atoms with Crippen LogP contribution >= 0.6 is 24.0 Å². The molecule has 1 aliphatic rings. The summed E-state index contributed by atoms with van der Waals surface area (Å²) in [5.41, 5.74) is 0.686. The van der Waals surface area contributed by atoms with E-state index in [4.69, 9.17) is 14.3 Å². The molecule has 9 heteroatoms. The second kappa shape index (κ2) is 11.9. The third-order valence-corrected chi connectivity index (χ3v) is 4.43. The van der Waals surface area contributed by atoms with Gasteiger partial charge < -0.3 is 19.5 Å². The Hall–Kier alpha value is -1.75. The zero-order valence-electron chi connectivity index (χ0n) is 16.5. The Kier molecular flexibility index (Phi) is 9.62. The average Bonchev–Trinajstić information content (AvgIpc) is 3.36. The lowest BCUT2D eigenvalue weighted by Crippen LogP contribution is -2.40. The predicted octanol–water partition coefficient (Wildman–Crippen LogP) is 2.62. The summed E-state index contributed by atoms with van der Waals surface area (Å²) < 4.78 is 10.9. The molecule has 154 valence electrons. The molecule has 0 aliphatic carbocycles. The van der Waals surface area contributed by atoms with E-state index in [9.17, 15) is 0 Å². The van der Waals surface area contributed by atoms with Gasteiger partial charge in [0.1, 0.15) is 5.69 Å². The van der Waals surface area contributed by atoms with Gasteiger partial charge in [-0.2, -0.15) is 4.98 Å². The largest absolute Gasteiger partial charge is 0.381 e. The summed E-state index contributed by atoms with van der Waals surface area (Å²) in [7, 11) is 0. The fourth-order valence-electron chi connectivity index (χ4n) is 3.08. The lowest BCUT2D eigenvalue weighted by Gasteiger charge is -2.21. The van der Waals surface area contributed by atoms with E-state index in [-0.39, 0.29) is 24.0 Å². The van der Waals surface area contributed by atoms with Crippen molar-refractivity contribution in [2.75, 3.05) is 39.4 Å². The van der Waals surface area contributed by atoms with Gasteiger partial charge >= 0.3 is 0 Å². The highest BCUT2D eigenvalue weighted by atomic mass is 127. The molecule has 1 aliphatic heterocycles. The van der Waals surface area contributed by atoms with E-state index in [0.29, 0.717) is 36.3 Å². The molecule has 3 heterocycles. The maximum atomic E-state index is 5.56. The minimum Gasteiger partial charge on any atom is -0.381 e. The Morgan fingerprint density at radius 3 is 3.04 bits per heavy atom. The zero-order chi connectivity index (χ0) is 18.9. The zero-order valence-corrected chi connectivity index (χ0v) is 18.8. The summed E-state index contributed by atoms with van der Waals surface area (Å²) in [6, 6.07) is 5.61. The van der Waals surface area contributed by atoms with Crippen molar-refractivity contribution < 1.29 is 9.26 Å². The van der Waals surface area contributed by atoms with Crippen LogP contribution in [0.25, 0.3) is 11.6 Å². The number of guanidine groups is 1. The second-order valence-corrected chi connectivity index (χ2v) is 6.48. The molecule has 2 aromatic rings. The maximum Gasteiger partial charge on any atom is 0.276 e. The Morgan fingerprint density at radius 1 is 1.39 bits per heavy atom. The van der Waals surface area contributed by atoms with Gasteiger partial charge in [0.05, 0.1) is 6.61 Å². The van der Waals surface area contributed by atoms with Crippen LogP contribution in [0.1, 0.15) is 26.1 Å². The van der Waals surface area contributed by atoms with Gasteiger partial charge in [0.15, 0.2) is 11.8 Å². The second-order valence-electron chi connectivity index (χ2n) is 6.48. The van der Waals surface area contributed by atoms with E-state index in [2.05, 4.69) is 32.3 Å². The van der Waals surface area contributed by atoms with Gasteiger partial charge in [0, 0.05) is 51.3 Å². The SMILES string of the molecule is CCNC(=NCCc1noc(-c2ccccn2)n1)N1CCC(COCC)C1.I. The third-order valence-electron chi connectivity index (χ3n) is 4.43. The molecule has 3 rings (SSSR count). The number of aromatic nitrogens is 3. The number of pyridine rings is 1. The molecule has 1 fully saturated rings. The third kappa shape index (κ3) is 6.40. The highest BCUT2D eigenvalue weighted by Crippen LogP contribution is 2.17. The van der Waals surface area contributed by atoms with Crippen LogP contribution in [0.2, 0.25) is 0 Å². The topological polar surface area (TPSA) is 88.7 Å². The van der Waals surface area contributed by atoms with Crippen molar-refractivity contribution in [3.8, 4) is 11.6 Å². The van der Waals surface area contributed by atoms with E-state index >= 15 is 0 Å². The Bertz CT molecular complexity index is 724. The summed E-state index contributed by atoms with van der Waals surface area (Å²) in [6.07, 6.45) is 3.48. The van der Waals surface area contributed by atoms with Gasteiger partial charge in [-0.3, -0.25) is 9.98 Å². The van der Waals surface area contributed by atoms with Crippen LogP contribution in [0.15, 0.2) is 33.9 Å². The first-order valence-electron chi connectivity index (χ1n) is 9.65. The predicted molar refractivity (Wildman–Crippen MR) is 119 cm³/mol. The van der Waals surface area contributed by atoms with Gasteiger partial charge in [-0.1, -0.05) is 11.2 Å². The molecule has 1 saturated heterocycles. The number of aliphatic imine (C=N–C) groups is 1. The highest BCUT2D eigenvalue weighted by molar-refractivity contribution is 14.0. The lowest BCUT2D eigenvalue weighted by molar-refractivity contribution is 0.114. The summed E-state index contributed by atoms with van der Waals surface area (Å²) in [4.78, 5) is 15.7. The molecule has 0 amide bonds.